The van der Waals surface area contributed by atoms with Gasteiger partial charge in [-0.05, 0) is 74.9 Å². The Morgan fingerprint density at radius 2 is 1.53 bits per heavy atom. The lowest BCUT2D eigenvalue weighted by Gasteiger charge is -2.56. The second-order valence-corrected chi connectivity index (χ2v) is 15.1. The van der Waals surface area contributed by atoms with Gasteiger partial charge in [0.15, 0.2) is 11.3 Å². The molecule has 3 aromatic carbocycles. The van der Waals surface area contributed by atoms with E-state index >= 15 is 0 Å². The molecule has 290 valence electrons. The number of Topliss-reactive ketones (excluding diaryl/α,β-unsaturated/α-hetero) is 1. The van der Waals surface area contributed by atoms with Crippen molar-refractivity contribution in [2.45, 2.75) is 87.8 Å². The molecule has 0 bridgehead atoms. The molecule has 0 spiro atoms. The van der Waals surface area contributed by atoms with Crippen LogP contribution in [0.2, 0.25) is 0 Å². The third-order valence-corrected chi connectivity index (χ3v) is 11.8. The van der Waals surface area contributed by atoms with Gasteiger partial charge in [0, 0.05) is 25.6 Å². The number of piperidine rings is 2. The highest BCUT2D eigenvalue weighted by molar-refractivity contribution is 6.14. The zero-order valence-corrected chi connectivity index (χ0v) is 31.0. The van der Waals surface area contributed by atoms with E-state index in [2.05, 4.69) is 4.90 Å². The Balaban J connectivity index is 1.23. The summed E-state index contributed by atoms with van der Waals surface area (Å²) in [6, 6.07) is 21.2. The molecule has 4 heterocycles. The number of halogens is 3. The molecule has 12 heteroatoms. The van der Waals surface area contributed by atoms with Crippen LogP contribution in [-0.4, -0.2) is 99.7 Å². The second kappa shape index (κ2) is 16.0. The summed E-state index contributed by atoms with van der Waals surface area (Å²) in [5, 5.41) is 0. The number of cyclic esters (lactones) is 1. The Kier molecular flexibility index (Phi) is 11.2. The number of likely N-dealkylation sites (tertiary alicyclic amines) is 3. The van der Waals surface area contributed by atoms with Crippen molar-refractivity contribution in [1.29, 1.82) is 0 Å². The van der Waals surface area contributed by atoms with Gasteiger partial charge in [-0.1, -0.05) is 97.4 Å². The Hall–Kier alpha value is -4.97. The molecule has 0 N–H and O–H groups in total. The van der Waals surface area contributed by atoms with Gasteiger partial charge in [0.2, 0.25) is 5.91 Å². The van der Waals surface area contributed by atoms with Crippen LogP contribution in [0.15, 0.2) is 91.0 Å². The summed E-state index contributed by atoms with van der Waals surface area (Å²) < 4.78 is 46.2. The SMILES string of the molecule is CC(C(=O)CCc1cccc(C(F)(F)F)c1)(C(=O)N1CCC(N2CCCCC2)CC1)N1C(=O)[C@@H](N2C(=O)OC[C@@H]2c2ccccc2)[C@H]1/C=C/c1ccccc1. The van der Waals surface area contributed by atoms with Gasteiger partial charge in [-0.25, -0.2) is 4.79 Å². The van der Waals surface area contributed by atoms with Crippen LogP contribution in [0.25, 0.3) is 6.08 Å². The largest absolute Gasteiger partial charge is 0.447 e. The molecule has 3 amide bonds. The first-order chi connectivity index (χ1) is 26.5. The minimum atomic E-state index is -4.56. The van der Waals surface area contributed by atoms with Crippen LogP contribution in [0.5, 0.6) is 0 Å². The van der Waals surface area contributed by atoms with Gasteiger partial charge in [-0.15, -0.1) is 0 Å². The number of carbonyl (C=O) groups is 4. The van der Waals surface area contributed by atoms with E-state index in [0.29, 0.717) is 24.7 Å². The predicted molar refractivity (Wildman–Crippen MR) is 200 cm³/mol. The Labute approximate surface area is 319 Å². The summed E-state index contributed by atoms with van der Waals surface area (Å²) in [6.45, 7) is 4.34. The number of nitrogens with zero attached hydrogens (tertiary/aromatic N) is 4. The van der Waals surface area contributed by atoms with E-state index in [1.54, 1.807) is 17.1 Å². The molecule has 1 unspecified atom stereocenters. The van der Waals surface area contributed by atoms with Crippen LogP contribution < -0.4 is 0 Å². The number of amides is 3. The van der Waals surface area contributed by atoms with E-state index in [1.165, 1.54) is 35.3 Å². The monoisotopic (exact) mass is 756 g/mol. The normalized spacial score (nSPS) is 23.8. The first-order valence-corrected chi connectivity index (χ1v) is 19.3. The highest BCUT2D eigenvalue weighted by atomic mass is 19.4. The number of hydrogen-bond acceptors (Lipinski definition) is 6. The number of ketones is 1. The predicted octanol–water partition coefficient (Wildman–Crippen LogP) is 6.93. The first-order valence-electron chi connectivity index (χ1n) is 19.3. The van der Waals surface area contributed by atoms with Gasteiger partial charge in [0.25, 0.3) is 5.91 Å². The molecule has 4 aliphatic rings. The summed E-state index contributed by atoms with van der Waals surface area (Å²) in [5.74, 6) is -1.68. The summed E-state index contributed by atoms with van der Waals surface area (Å²) in [7, 11) is 0. The zero-order valence-electron chi connectivity index (χ0n) is 31.0. The van der Waals surface area contributed by atoms with Crippen molar-refractivity contribution in [3.05, 3.63) is 113 Å². The number of alkyl halides is 3. The smallest absolute Gasteiger partial charge is 0.416 e. The molecule has 55 heavy (non-hydrogen) atoms. The van der Waals surface area contributed by atoms with Gasteiger partial charge in [-0.3, -0.25) is 19.3 Å². The zero-order chi connectivity index (χ0) is 38.7. The highest BCUT2D eigenvalue weighted by Crippen LogP contribution is 2.42. The van der Waals surface area contributed by atoms with Crippen molar-refractivity contribution in [3.8, 4) is 0 Å². The molecule has 7 rings (SSSR count). The number of rotatable bonds is 11. The van der Waals surface area contributed by atoms with E-state index in [4.69, 9.17) is 4.74 Å². The van der Waals surface area contributed by atoms with Crippen molar-refractivity contribution < 1.29 is 37.1 Å². The molecule has 0 aliphatic carbocycles. The molecule has 0 saturated carbocycles. The van der Waals surface area contributed by atoms with Gasteiger partial charge in [0.05, 0.1) is 17.6 Å². The summed E-state index contributed by atoms with van der Waals surface area (Å²) in [4.78, 5) is 64.6. The van der Waals surface area contributed by atoms with E-state index in [1.807, 2.05) is 60.7 Å². The van der Waals surface area contributed by atoms with Crippen LogP contribution >= 0.6 is 0 Å². The Morgan fingerprint density at radius 1 is 0.855 bits per heavy atom. The Bertz CT molecular complexity index is 1890. The lowest BCUT2D eigenvalue weighted by molar-refractivity contribution is -0.178. The summed E-state index contributed by atoms with van der Waals surface area (Å²) >= 11 is 0. The standard InChI is InChI=1S/C43H47F3N4O5/c1-42(37(51)21-19-31-14-11-17-33(28-31)43(44,45)46,40(53)48-26-22-34(23-27-48)47-24-9-4-10-25-47)50-35(20-18-30-12-5-2-6-13-30)38(39(50)52)49-36(29-55-41(49)54)32-15-7-3-8-16-32/h2-3,5-8,11-18,20,28,34-36,38H,4,9-10,19,21-27,29H2,1H3/b20-18+/t35-,36-,38+,42?/m1/s1. The van der Waals surface area contributed by atoms with Gasteiger partial charge in [-0.2, -0.15) is 13.2 Å². The third-order valence-electron chi connectivity index (χ3n) is 11.8. The number of benzene rings is 3. The molecule has 0 radical (unpaired) electrons. The van der Waals surface area contributed by atoms with Crippen LogP contribution in [0, 0.1) is 0 Å². The highest BCUT2D eigenvalue weighted by Gasteiger charge is 2.64. The summed E-state index contributed by atoms with van der Waals surface area (Å²) in [5.41, 5.74) is -0.958. The van der Waals surface area contributed by atoms with Crippen molar-refractivity contribution in [2.75, 3.05) is 32.8 Å². The van der Waals surface area contributed by atoms with Crippen LogP contribution in [-0.2, 0) is 31.7 Å². The van der Waals surface area contributed by atoms with Crippen molar-refractivity contribution in [3.63, 3.8) is 0 Å². The average Bonchev–Trinajstić information content (AvgIpc) is 3.58. The lowest BCUT2D eigenvalue weighted by atomic mass is 9.79. The average molecular weight is 757 g/mol. The maximum atomic E-state index is 14.9. The van der Waals surface area contributed by atoms with Crippen molar-refractivity contribution in [1.82, 2.24) is 19.6 Å². The third kappa shape index (κ3) is 7.78. The molecule has 4 saturated heterocycles. The minimum absolute atomic E-state index is 0.0276. The maximum absolute atomic E-state index is 14.9. The van der Waals surface area contributed by atoms with Crippen molar-refractivity contribution >= 4 is 29.8 Å². The van der Waals surface area contributed by atoms with E-state index in [9.17, 15) is 32.3 Å². The molecule has 4 atom stereocenters. The quantitative estimate of drug-likeness (QED) is 0.156. The molecule has 4 fully saturated rings. The maximum Gasteiger partial charge on any atom is 0.416 e. The molecule has 9 nitrogen and oxygen atoms in total. The van der Waals surface area contributed by atoms with Gasteiger partial charge >= 0.3 is 12.3 Å². The molecular formula is C43H47F3N4O5. The Morgan fingerprint density at radius 3 is 2.20 bits per heavy atom. The molecular weight excluding hydrogens is 709 g/mol. The first kappa shape index (κ1) is 38.3. The van der Waals surface area contributed by atoms with Gasteiger partial charge in [0.1, 0.15) is 12.6 Å². The molecule has 3 aromatic rings. The topological polar surface area (TPSA) is 90.5 Å². The number of aryl methyl sites for hydroxylation is 1. The second-order valence-electron chi connectivity index (χ2n) is 15.1. The van der Waals surface area contributed by atoms with E-state index in [-0.39, 0.29) is 19.4 Å². The number of ether oxygens (including phenoxy) is 1. The van der Waals surface area contributed by atoms with Crippen LogP contribution in [0.1, 0.15) is 73.7 Å². The minimum Gasteiger partial charge on any atom is -0.447 e. The molecule has 0 aromatic heterocycles. The fourth-order valence-electron chi connectivity index (χ4n) is 8.72. The molecule has 4 aliphatic heterocycles. The lowest BCUT2D eigenvalue weighted by Crippen LogP contribution is -2.80. The van der Waals surface area contributed by atoms with Gasteiger partial charge < -0.3 is 19.4 Å². The number of β-lactam (4-membered cyclic amide) rings is 1. The van der Waals surface area contributed by atoms with E-state index < -0.39 is 59.1 Å². The number of carbonyl (C=O) groups excluding carboxylic acids is 4. The number of hydrogen-bond donors (Lipinski definition) is 0. The van der Waals surface area contributed by atoms with Crippen LogP contribution in [0.4, 0.5) is 18.0 Å². The fraction of sp³-hybridized carbons (Fsp3) is 0.442. The fourth-order valence-corrected chi connectivity index (χ4v) is 8.72. The van der Waals surface area contributed by atoms with E-state index in [0.717, 1.165) is 62.0 Å². The van der Waals surface area contributed by atoms with Crippen molar-refractivity contribution in [2.24, 2.45) is 0 Å². The van der Waals surface area contributed by atoms with Crippen LogP contribution in [0.3, 0.4) is 0 Å². The summed E-state index contributed by atoms with van der Waals surface area (Å²) in [6.07, 6.45) is 2.93.